The quantitative estimate of drug-likeness (QED) is 0.829. The largest absolute Gasteiger partial charge is 0.379 e. The number of aromatic nitrogens is 3. The highest BCUT2D eigenvalue weighted by Gasteiger charge is 2.29. The number of hydrogen-bond acceptors (Lipinski definition) is 3. The van der Waals surface area contributed by atoms with Gasteiger partial charge in [-0.05, 0) is 24.6 Å². The van der Waals surface area contributed by atoms with Gasteiger partial charge in [0.1, 0.15) is 11.4 Å². The van der Waals surface area contributed by atoms with Crippen molar-refractivity contribution >= 4 is 0 Å². The molecule has 1 aromatic carbocycles. The summed E-state index contributed by atoms with van der Waals surface area (Å²) in [6.45, 7) is 1.62. The summed E-state index contributed by atoms with van der Waals surface area (Å²) < 4.78 is 14.3. The molecular weight excluding hydrogens is 209 g/mol. The van der Waals surface area contributed by atoms with Crippen LogP contribution in [0.1, 0.15) is 18.2 Å². The maximum atomic E-state index is 12.8. The number of hydrogen-bond donors (Lipinski definition) is 1. The minimum atomic E-state index is -1.23. The summed E-state index contributed by atoms with van der Waals surface area (Å²) in [6.07, 6.45) is 1.49. The highest BCUT2D eigenvalue weighted by Crippen LogP contribution is 2.27. The molecular formula is C11H12FN3O. The standard InChI is InChI=1S/C11H12FN3O/c1-11(16,10-7-13-14-15(10)2)8-3-5-9(12)6-4-8/h3-7,16H,1-2H3. The van der Waals surface area contributed by atoms with Crippen molar-refractivity contribution < 1.29 is 9.50 Å². The molecule has 84 valence electrons. The van der Waals surface area contributed by atoms with Gasteiger partial charge >= 0.3 is 0 Å². The first-order valence-electron chi connectivity index (χ1n) is 4.85. The molecule has 1 atom stereocenters. The van der Waals surface area contributed by atoms with Gasteiger partial charge in [0, 0.05) is 7.05 Å². The van der Waals surface area contributed by atoms with E-state index in [1.807, 2.05) is 0 Å². The average molecular weight is 221 g/mol. The number of benzene rings is 1. The van der Waals surface area contributed by atoms with Crippen molar-refractivity contribution in [2.45, 2.75) is 12.5 Å². The van der Waals surface area contributed by atoms with Crippen molar-refractivity contribution in [3.63, 3.8) is 0 Å². The number of aryl methyl sites for hydroxylation is 1. The van der Waals surface area contributed by atoms with E-state index in [1.165, 1.54) is 23.0 Å². The van der Waals surface area contributed by atoms with Crippen LogP contribution in [0.2, 0.25) is 0 Å². The minimum Gasteiger partial charge on any atom is -0.379 e. The van der Waals surface area contributed by atoms with E-state index in [4.69, 9.17) is 0 Å². The van der Waals surface area contributed by atoms with Gasteiger partial charge in [-0.15, -0.1) is 5.10 Å². The summed E-state index contributed by atoms with van der Waals surface area (Å²) in [7, 11) is 1.69. The molecule has 0 saturated heterocycles. The second-order valence-electron chi connectivity index (χ2n) is 3.82. The smallest absolute Gasteiger partial charge is 0.130 e. The minimum absolute atomic E-state index is 0.331. The van der Waals surface area contributed by atoms with Crippen LogP contribution < -0.4 is 0 Å². The lowest BCUT2D eigenvalue weighted by atomic mass is 9.93. The van der Waals surface area contributed by atoms with Crippen molar-refractivity contribution in [3.05, 3.63) is 47.5 Å². The summed E-state index contributed by atoms with van der Waals surface area (Å²) in [4.78, 5) is 0. The molecule has 0 saturated carbocycles. The highest BCUT2D eigenvalue weighted by molar-refractivity contribution is 5.30. The van der Waals surface area contributed by atoms with Crippen LogP contribution in [0.15, 0.2) is 30.5 Å². The Bertz CT molecular complexity index is 490. The predicted molar refractivity (Wildman–Crippen MR) is 56.1 cm³/mol. The van der Waals surface area contributed by atoms with Gasteiger partial charge in [-0.25, -0.2) is 9.07 Å². The maximum absolute atomic E-state index is 12.8. The Morgan fingerprint density at radius 2 is 1.94 bits per heavy atom. The van der Waals surface area contributed by atoms with Gasteiger partial charge in [-0.3, -0.25) is 0 Å². The van der Waals surface area contributed by atoms with Gasteiger partial charge < -0.3 is 5.11 Å². The van der Waals surface area contributed by atoms with Crippen LogP contribution in [0.5, 0.6) is 0 Å². The van der Waals surface area contributed by atoms with Crippen LogP contribution in [0.25, 0.3) is 0 Å². The van der Waals surface area contributed by atoms with Crippen LogP contribution in [-0.2, 0) is 12.6 Å². The summed E-state index contributed by atoms with van der Waals surface area (Å²) in [5.41, 5.74) is -0.0789. The summed E-state index contributed by atoms with van der Waals surface area (Å²) >= 11 is 0. The third-order valence-electron chi connectivity index (χ3n) is 2.62. The Hall–Kier alpha value is -1.75. The Kier molecular flexibility index (Phi) is 2.47. The third-order valence-corrected chi connectivity index (χ3v) is 2.62. The Morgan fingerprint density at radius 3 is 2.44 bits per heavy atom. The van der Waals surface area contributed by atoms with E-state index in [1.54, 1.807) is 26.1 Å². The van der Waals surface area contributed by atoms with E-state index in [0.29, 0.717) is 11.3 Å². The lowest BCUT2D eigenvalue weighted by Crippen LogP contribution is -2.26. The molecule has 2 aromatic rings. The molecule has 0 radical (unpaired) electrons. The molecule has 16 heavy (non-hydrogen) atoms. The fourth-order valence-corrected chi connectivity index (χ4v) is 1.65. The van der Waals surface area contributed by atoms with Gasteiger partial charge in [0.25, 0.3) is 0 Å². The van der Waals surface area contributed by atoms with Crippen LogP contribution in [-0.4, -0.2) is 20.1 Å². The molecule has 1 N–H and O–H groups in total. The molecule has 2 rings (SSSR count). The monoisotopic (exact) mass is 221 g/mol. The van der Waals surface area contributed by atoms with E-state index in [0.717, 1.165) is 0 Å². The molecule has 0 aliphatic carbocycles. The van der Waals surface area contributed by atoms with E-state index in [-0.39, 0.29) is 5.82 Å². The predicted octanol–water partition coefficient (Wildman–Crippen LogP) is 1.21. The maximum Gasteiger partial charge on any atom is 0.130 e. The molecule has 0 amide bonds. The van der Waals surface area contributed by atoms with Gasteiger partial charge in [-0.2, -0.15) is 0 Å². The van der Waals surface area contributed by atoms with Crippen LogP contribution >= 0.6 is 0 Å². The first-order chi connectivity index (χ1) is 7.51. The van der Waals surface area contributed by atoms with Crippen LogP contribution in [0.3, 0.4) is 0 Å². The molecule has 0 fully saturated rings. The molecule has 1 unspecified atom stereocenters. The lowest BCUT2D eigenvalue weighted by Gasteiger charge is -2.23. The molecule has 0 aliphatic heterocycles. The van der Waals surface area contributed by atoms with E-state index in [2.05, 4.69) is 10.3 Å². The number of aliphatic hydroxyl groups is 1. The summed E-state index contributed by atoms with van der Waals surface area (Å²) in [5.74, 6) is -0.331. The molecule has 0 aliphatic rings. The van der Waals surface area contributed by atoms with Crippen LogP contribution in [0, 0.1) is 5.82 Å². The molecule has 4 nitrogen and oxygen atoms in total. The van der Waals surface area contributed by atoms with E-state index >= 15 is 0 Å². The SMILES string of the molecule is Cn1nncc1C(C)(O)c1ccc(F)cc1. The van der Waals surface area contributed by atoms with Gasteiger partial charge in [-0.1, -0.05) is 17.3 Å². The summed E-state index contributed by atoms with van der Waals surface area (Å²) in [5, 5.41) is 17.9. The Balaban J connectivity index is 2.46. The zero-order valence-corrected chi connectivity index (χ0v) is 9.05. The second-order valence-corrected chi connectivity index (χ2v) is 3.82. The zero-order chi connectivity index (χ0) is 11.8. The Labute approximate surface area is 92.3 Å². The van der Waals surface area contributed by atoms with Gasteiger partial charge in [0.05, 0.1) is 11.9 Å². The average Bonchev–Trinajstić information content (AvgIpc) is 2.66. The van der Waals surface area contributed by atoms with Crippen molar-refractivity contribution in [1.29, 1.82) is 0 Å². The first kappa shape index (κ1) is 10.8. The number of rotatable bonds is 2. The fraction of sp³-hybridized carbons (Fsp3) is 0.273. The van der Waals surface area contributed by atoms with Gasteiger partial charge in [0.2, 0.25) is 0 Å². The molecule has 1 heterocycles. The Morgan fingerprint density at radius 1 is 1.31 bits per heavy atom. The van der Waals surface area contributed by atoms with Crippen molar-refractivity contribution in [2.24, 2.45) is 7.05 Å². The van der Waals surface area contributed by atoms with Crippen molar-refractivity contribution in [3.8, 4) is 0 Å². The number of nitrogens with zero attached hydrogens (tertiary/aromatic N) is 3. The van der Waals surface area contributed by atoms with Crippen LogP contribution in [0.4, 0.5) is 4.39 Å². The van der Waals surface area contributed by atoms with Gasteiger partial charge in [0.15, 0.2) is 0 Å². The third kappa shape index (κ3) is 1.69. The van der Waals surface area contributed by atoms with Crippen molar-refractivity contribution in [2.75, 3.05) is 0 Å². The summed E-state index contributed by atoms with van der Waals surface area (Å²) in [6, 6.07) is 5.71. The normalized spacial score (nSPS) is 14.8. The zero-order valence-electron chi connectivity index (χ0n) is 9.05. The van der Waals surface area contributed by atoms with Crippen molar-refractivity contribution in [1.82, 2.24) is 15.0 Å². The molecule has 0 bridgehead atoms. The molecule has 5 heteroatoms. The fourth-order valence-electron chi connectivity index (χ4n) is 1.65. The first-order valence-corrected chi connectivity index (χ1v) is 4.85. The second kappa shape index (κ2) is 3.68. The number of halogens is 1. The molecule has 1 aromatic heterocycles. The topological polar surface area (TPSA) is 50.9 Å². The highest BCUT2D eigenvalue weighted by atomic mass is 19.1. The molecule has 0 spiro atoms. The lowest BCUT2D eigenvalue weighted by molar-refractivity contribution is 0.0928. The van der Waals surface area contributed by atoms with E-state index < -0.39 is 5.60 Å². The van der Waals surface area contributed by atoms with E-state index in [9.17, 15) is 9.50 Å².